The Morgan fingerprint density at radius 2 is 1.80 bits per heavy atom. The molecule has 8 nitrogen and oxygen atoms in total. The van der Waals surface area contributed by atoms with Crippen LogP contribution in [0.2, 0.25) is 0 Å². The Morgan fingerprint density at radius 3 is 2.37 bits per heavy atom. The quantitative estimate of drug-likeness (QED) is 0.471. The number of hydrogen-bond donors (Lipinski definition) is 3. The molecule has 0 aromatic heterocycles. The summed E-state index contributed by atoms with van der Waals surface area (Å²) in [4.78, 5) is 40.7. The van der Waals surface area contributed by atoms with Gasteiger partial charge in [0.15, 0.2) is 0 Å². The van der Waals surface area contributed by atoms with E-state index >= 15 is 0 Å². The number of nitrogens with one attached hydrogen (secondary N) is 2. The van der Waals surface area contributed by atoms with E-state index in [9.17, 15) is 19.5 Å². The maximum Gasteiger partial charge on any atom is 0.408 e. The van der Waals surface area contributed by atoms with E-state index in [0.717, 1.165) is 11.1 Å². The first-order valence-electron chi connectivity index (χ1n) is 11.4. The van der Waals surface area contributed by atoms with E-state index in [-0.39, 0.29) is 6.54 Å². The number of amides is 3. The molecule has 0 aliphatic rings. The molecule has 0 radical (unpaired) electrons. The predicted octanol–water partition coefficient (Wildman–Crippen LogP) is 3.88. The molecule has 0 saturated carbocycles. The summed E-state index contributed by atoms with van der Waals surface area (Å²) in [7, 11) is 0. The van der Waals surface area contributed by atoms with Gasteiger partial charge < -0.3 is 25.4 Å². The minimum absolute atomic E-state index is 0.00509. The summed E-state index contributed by atoms with van der Waals surface area (Å²) in [6.45, 7) is 11.9. The molecule has 2 unspecified atom stereocenters. The summed E-state index contributed by atoms with van der Waals surface area (Å²) in [6.07, 6.45) is 0.642. The molecule has 0 aliphatic heterocycles. The number of benzene rings is 2. The van der Waals surface area contributed by atoms with Crippen LogP contribution < -0.4 is 10.6 Å². The van der Waals surface area contributed by atoms with E-state index in [0.29, 0.717) is 11.3 Å². The molecule has 0 spiro atoms. The van der Waals surface area contributed by atoms with Crippen LogP contribution in [0.25, 0.3) is 0 Å². The molecule has 3 N–H and O–H groups in total. The monoisotopic (exact) mass is 481 g/mol. The average Bonchev–Trinajstić information content (AvgIpc) is 2.77. The second-order valence-corrected chi connectivity index (χ2v) is 9.28. The van der Waals surface area contributed by atoms with Crippen LogP contribution in [0.5, 0.6) is 0 Å². The number of carbonyl (C=O) groups is 3. The lowest BCUT2D eigenvalue weighted by atomic mass is 10.0. The van der Waals surface area contributed by atoms with Gasteiger partial charge in [-0.3, -0.25) is 9.59 Å². The molecule has 2 aromatic rings. The van der Waals surface area contributed by atoms with Crippen LogP contribution in [-0.2, 0) is 14.3 Å². The van der Waals surface area contributed by atoms with Crippen molar-refractivity contribution >= 4 is 23.6 Å². The molecule has 3 amide bonds. The summed E-state index contributed by atoms with van der Waals surface area (Å²) in [5.41, 5.74) is 2.19. The highest BCUT2D eigenvalue weighted by atomic mass is 16.6. The summed E-state index contributed by atoms with van der Waals surface area (Å²) >= 11 is 0. The van der Waals surface area contributed by atoms with Gasteiger partial charge in [-0.2, -0.15) is 0 Å². The molecule has 0 aliphatic carbocycles. The van der Waals surface area contributed by atoms with Crippen LogP contribution in [0.1, 0.15) is 43.5 Å². The van der Waals surface area contributed by atoms with Crippen molar-refractivity contribution in [3.63, 3.8) is 0 Å². The fraction of sp³-hybridized carbons (Fsp3) is 0.370. The van der Waals surface area contributed by atoms with E-state index in [1.807, 2.05) is 44.2 Å². The third-order valence-corrected chi connectivity index (χ3v) is 5.10. The van der Waals surface area contributed by atoms with E-state index < -0.39 is 42.2 Å². The number of anilines is 1. The Morgan fingerprint density at radius 1 is 1.11 bits per heavy atom. The minimum Gasteiger partial charge on any atom is -0.444 e. The van der Waals surface area contributed by atoms with Crippen molar-refractivity contribution in [1.29, 1.82) is 0 Å². The SMILES string of the molecule is C=CCN(C(=O)C(CO)NC(=O)OC(C)(C)C)C(C(=O)Nc1ccccc1C)c1cccc(C)c1. The number of hydrogen-bond acceptors (Lipinski definition) is 5. The number of nitrogens with zero attached hydrogens (tertiary/aromatic N) is 1. The highest BCUT2D eigenvalue weighted by molar-refractivity contribution is 5.99. The zero-order chi connectivity index (χ0) is 26.2. The number of carbonyl (C=O) groups excluding carboxylic acids is 3. The third-order valence-electron chi connectivity index (χ3n) is 5.10. The van der Waals surface area contributed by atoms with Gasteiger partial charge in [-0.15, -0.1) is 6.58 Å². The summed E-state index contributed by atoms with van der Waals surface area (Å²) in [5.74, 6) is -1.08. The first kappa shape index (κ1) is 27.6. The van der Waals surface area contributed by atoms with E-state index in [1.54, 1.807) is 39.0 Å². The van der Waals surface area contributed by atoms with Crippen LogP contribution in [-0.4, -0.2) is 52.7 Å². The second kappa shape index (κ2) is 12.2. The van der Waals surface area contributed by atoms with Crippen LogP contribution >= 0.6 is 0 Å². The van der Waals surface area contributed by atoms with Gasteiger partial charge in [0.2, 0.25) is 5.91 Å². The zero-order valence-corrected chi connectivity index (χ0v) is 21.0. The smallest absolute Gasteiger partial charge is 0.408 e. The molecule has 8 heteroatoms. The summed E-state index contributed by atoms with van der Waals surface area (Å²) in [5, 5.41) is 15.2. The van der Waals surface area contributed by atoms with Gasteiger partial charge >= 0.3 is 6.09 Å². The molecule has 0 bridgehead atoms. The van der Waals surface area contributed by atoms with Crippen molar-refractivity contribution in [2.45, 2.75) is 52.3 Å². The molecule has 2 rings (SSSR count). The van der Waals surface area contributed by atoms with Gasteiger partial charge in [0.1, 0.15) is 17.7 Å². The van der Waals surface area contributed by atoms with E-state index in [1.165, 1.54) is 11.0 Å². The van der Waals surface area contributed by atoms with Crippen molar-refractivity contribution in [2.75, 3.05) is 18.5 Å². The van der Waals surface area contributed by atoms with Crippen LogP contribution in [0.3, 0.4) is 0 Å². The van der Waals surface area contributed by atoms with Crippen LogP contribution in [0.15, 0.2) is 61.2 Å². The van der Waals surface area contributed by atoms with Gasteiger partial charge in [0.25, 0.3) is 5.91 Å². The van der Waals surface area contributed by atoms with Crippen LogP contribution in [0, 0.1) is 13.8 Å². The molecule has 2 aromatic carbocycles. The molecule has 35 heavy (non-hydrogen) atoms. The maximum absolute atomic E-state index is 13.6. The molecule has 0 fully saturated rings. The summed E-state index contributed by atoms with van der Waals surface area (Å²) in [6, 6.07) is 12.2. The maximum atomic E-state index is 13.6. The van der Waals surface area contributed by atoms with E-state index in [2.05, 4.69) is 17.2 Å². The topological polar surface area (TPSA) is 108 Å². The van der Waals surface area contributed by atoms with Crippen LogP contribution in [0.4, 0.5) is 10.5 Å². The first-order valence-corrected chi connectivity index (χ1v) is 11.4. The first-order chi connectivity index (χ1) is 16.5. The van der Waals surface area contributed by atoms with Gasteiger partial charge in [0, 0.05) is 12.2 Å². The van der Waals surface area contributed by atoms with Crippen molar-refractivity contribution in [2.24, 2.45) is 0 Å². The van der Waals surface area contributed by atoms with Crippen molar-refractivity contribution in [1.82, 2.24) is 10.2 Å². The number of aliphatic hydroxyl groups is 1. The Kier molecular flexibility index (Phi) is 9.59. The number of para-hydroxylation sites is 1. The van der Waals surface area contributed by atoms with Gasteiger partial charge in [-0.05, 0) is 51.8 Å². The molecular weight excluding hydrogens is 446 g/mol. The lowest BCUT2D eigenvalue weighted by molar-refractivity contribution is -0.140. The Labute approximate surface area is 207 Å². The fourth-order valence-electron chi connectivity index (χ4n) is 3.52. The highest BCUT2D eigenvalue weighted by Crippen LogP contribution is 2.26. The number of ether oxygens (including phenoxy) is 1. The van der Waals surface area contributed by atoms with Crippen molar-refractivity contribution in [3.05, 3.63) is 77.9 Å². The average molecular weight is 482 g/mol. The third kappa shape index (κ3) is 7.96. The Hall–Kier alpha value is -3.65. The van der Waals surface area contributed by atoms with Gasteiger partial charge in [-0.1, -0.05) is 54.1 Å². The number of aryl methyl sites for hydroxylation is 2. The summed E-state index contributed by atoms with van der Waals surface area (Å²) < 4.78 is 5.23. The molecular formula is C27H35N3O5. The Balaban J connectivity index is 2.45. The number of rotatable bonds is 9. The predicted molar refractivity (Wildman–Crippen MR) is 136 cm³/mol. The standard InChI is InChI=1S/C27H35N3O5/c1-7-15-30(25(33)22(17-31)29-26(34)35-27(4,5)6)23(20-13-10-11-18(2)16-20)24(32)28-21-14-9-8-12-19(21)3/h7-14,16,22-23,31H,1,15,17H2,2-6H3,(H,28,32)(H,29,34). The zero-order valence-electron chi connectivity index (χ0n) is 21.0. The largest absolute Gasteiger partial charge is 0.444 e. The molecule has 0 saturated heterocycles. The molecule has 188 valence electrons. The number of alkyl carbamates (subject to hydrolysis) is 1. The Bertz CT molecular complexity index is 1060. The second-order valence-electron chi connectivity index (χ2n) is 9.28. The lowest BCUT2D eigenvalue weighted by Crippen LogP contribution is -2.53. The number of aliphatic hydroxyl groups excluding tert-OH is 1. The van der Waals surface area contributed by atoms with Crippen molar-refractivity contribution in [3.8, 4) is 0 Å². The van der Waals surface area contributed by atoms with Crippen molar-refractivity contribution < 1.29 is 24.2 Å². The normalized spacial score (nSPS) is 12.7. The lowest BCUT2D eigenvalue weighted by Gasteiger charge is -2.33. The molecule has 2 atom stereocenters. The van der Waals surface area contributed by atoms with Gasteiger partial charge in [-0.25, -0.2) is 4.79 Å². The van der Waals surface area contributed by atoms with Gasteiger partial charge in [0.05, 0.1) is 6.61 Å². The minimum atomic E-state index is -1.32. The van der Waals surface area contributed by atoms with E-state index in [4.69, 9.17) is 4.74 Å². The molecule has 0 heterocycles. The fourth-order valence-corrected chi connectivity index (χ4v) is 3.52. The highest BCUT2D eigenvalue weighted by Gasteiger charge is 2.35.